The van der Waals surface area contributed by atoms with Crippen LogP contribution in [0.15, 0.2) is 0 Å². The first-order valence-electron chi connectivity index (χ1n) is 7.45. The summed E-state index contributed by atoms with van der Waals surface area (Å²) in [5.74, 6) is 1.40. The van der Waals surface area contributed by atoms with Gasteiger partial charge in [0.05, 0.1) is 6.10 Å². The fraction of sp³-hybridized carbons (Fsp3) is 1.00. The Bertz CT molecular complexity index is 237. The molecule has 1 atom stereocenters. The van der Waals surface area contributed by atoms with E-state index in [2.05, 4.69) is 25.7 Å². The van der Waals surface area contributed by atoms with Crippen LogP contribution in [-0.2, 0) is 0 Å². The van der Waals surface area contributed by atoms with Crippen molar-refractivity contribution >= 4 is 0 Å². The Labute approximate surface area is 106 Å². The summed E-state index contributed by atoms with van der Waals surface area (Å²) in [5, 5.41) is 10.7. The zero-order valence-corrected chi connectivity index (χ0v) is 11.8. The van der Waals surface area contributed by atoms with Crippen molar-refractivity contribution in [3.05, 3.63) is 0 Å². The second-order valence-corrected chi connectivity index (χ2v) is 6.81. The van der Waals surface area contributed by atoms with Crippen LogP contribution in [0.5, 0.6) is 0 Å². The van der Waals surface area contributed by atoms with E-state index in [1.165, 1.54) is 51.6 Å². The van der Waals surface area contributed by atoms with Crippen LogP contribution in [0.4, 0.5) is 0 Å². The third-order valence-electron chi connectivity index (χ3n) is 5.15. The number of aliphatic hydroxyl groups excluding tert-OH is 1. The molecule has 17 heavy (non-hydrogen) atoms. The molecular formula is C15H29NO. The van der Waals surface area contributed by atoms with Crippen molar-refractivity contribution in [1.82, 2.24) is 4.90 Å². The van der Waals surface area contributed by atoms with E-state index in [1.54, 1.807) is 0 Å². The molecule has 2 heteroatoms. The number of nitrogens with zero attached hydrogens (tertiary/aromatic N) is 1. The molecule has 0 aromatic heterocycles. The smallest absolute Gasteiger partial charge is 0.0746 e. The second kappa shape index (κ2) is 5.27. The number of likely N-dealkylation sites (tertiary alicyclic amines) is 1. The molecule has 2 nitrogen and oxygen atoms in total. The maximum atomic E-state index is 10.7. The Kier molecular flexibility index (Phi) is 4.14. The van der Waals surface area contributed by atoms with Gasteiger partial charge in [0.1, 0.15) is 0 Å². The monoisotopic (exact) mass is 239 g/mol. The summed E-state index contributed by atoms with van der Waals surface area (Å²) in [6, 6.07) is 0. The molecule has 0 amide bonds. The van der Waals surface area contributed by atoms with Crippen molar-refractivity contribution in [2.45, 2.75) is 70.9 Å². The largest absolute Gasteiger partial charge is 0.391 e. The minimum absolute atomic E-state index is 0.0260. The van der Waals surface area contributed by atoms with E-state index in [1.807, 2.05) is 0 Å². The maximum Gasteiger partial charge on any atom is 0.0746 e. The highest BCUT2D eigenvalue weighted by Gasteiger charge is 2.40. The van der Waals surface area contributed by atoms with E-state index in [4.69, 9.17) is 0 Å². The average molecular weight is 239 g/mol. The van der Waals surface area contributed by atoms with Gasteiger partial charge < -0.3 is 5.11 Å². The van der Waals surface area contributed by atoms with E-state index < -0.39 is 0 Å². The third kappa shape index (κ3) is 2.85. The summed E-state index contributed by atoms with van der Waals surface area (Å²) in [4.78, 5) is 2.50. The SMILES string of the molecule is CC1CCC(C(O)C(C)(C)N2CCCC2)CC1. The lowest BCUT2D eigenvalue weighted by Gasteiger charge is -2.44. The fourth-order valence-corrected chi connectivity index (χ4v) is 3.66. The van der Waals surface area contributed by atoms with Crippen LogP contribution in [0.2, 0.25) is 0 Å². The molecule has 100 valence electrons. The molecule has 1 saturated carbocycles. The Morgan fingerprint density at radius 3 is 2.12 bits per heavy atom. The van der Waals surface area contributed by atoms with Crippen molar-refractivity contribution in [3.8, 4) is 0 Å². The summed E-state index contributed by atoms with van der Waals surface area (Å²) in [6.45, 7) is 9.16. The molecular weight excluding hydrogens is 210 g/mol. The van der Waals surface area contributed by atoms with Gasteiger partial charge >= 0.3 is 0 Å². The highest BCUT2D eigenvalue weighted by Crippen LogP contribution is 2.36. The molecule has 1 aliphatic carbocycles. The van der Waals surface area contributed by atoms with Crippen molar-refractivity contribution in [1.29, 1.82) is 0 Å². The standard InChI is InChI=1S/C15H29NO/c1-12-6-8-13(9-7-12)14(17)15(2,3)16-10-4-5-11-16/h12-14,17H,4-11H2,1-3H3. The first-order valence-corrected chi connectivity index (χ1v) is 7.45. The summed E-state index contributed by atoms with van der Waals surface area (Å²) in [6.07, 6.45) is 7.51. The van der Waals surface area contributed by atoms with Gasteiger partial charge in [-0.25, -0.2) is 0 Å². The molecule has 1 aliphatic heterocycles. The predicted octanol–water partition coefficient (Wildman–Crippen LogP) is 3.05. The number of hydrogen-bond acceptors (Lipinski definition) is 2. The molecule has 2 aliphatic rings. The minimum Gasteiger partial charge on any atom is -0.391 e. The molecule has 1 heterocycles. The lowest BCUT2D eigenvalue weighted by molar-refractivity contribution is -0.0445. The van der Waals surface area contributed by atoms with E-state index in [0.717, 1.165) is 5.92 Å². The lowest BCUT2D eigenvalue weighted by Crippen LogP contribution is -2.54. The van der Waals surface area contributed by atoms with E-state index in [9.17, 15) is 5.11 Å². The van der Waals surface area contributed by atoms with Crippen molar-refractivity contribution < 1.29 is 5.11 Å². The van der Waals surface area contributed by atoms with Crippen LogP contribution < -0.4 is 0 Å². The molecule has 0 bridgehead atoms. The predicted molar refractivity (Wildman–Crippen MR) is 72.0 cm³/mol. The van der Waals surface area contributed by atoms with Crippen molar-refractivity contribution in [2.75, 3.05) is 13.1 Å². The Hall–Kier alpha value is -0.0800. The van der Waals surface area contributed by atoms with Gasteiger partial charge in [-0.1, -0.05) is 19.8 Å². The van der Waals surface area contributed by atoms with Gasteiger partial charge in [0.15, 0.2) is 0 Å². The molecule has 1 saturated heterocycles. The zero-order valence-electron chi connectivity index (χ0n) is 11.8. The second-order valence-electron chi connectivity index (χ2n) is 6.81. The molecule has 0 aromatic carbocycles. The molecule has 1 N–H and O–H groups in total. The Morgan fingerprint density at radius 2 is 1.59 bits per heavy atom. The quantitative estimate of drug-likeness (QED) is 0.818. The Morgan fingerprint density at radius 1 is 1.06 bits per heavy atom. The van der Waals surface area contributed by atoms with Crippen LogP contribution in [0.1, 0.15) is 59.3 Å². The zero-order chi connectivity index (χ0) is 12.5. The molecule has 0 spiro atoms. The summed E-state index contributed by atoms with van der Waals surface area (Å²) in [5.41, 5.74) is -0.0260. The van der Waals surface area contributed by atoms with Gasteiger partial charge in [0.2, 0.25) is 0 Å². The normalized spacial score (nSPS) is 33.9. The van der Waals surface area contributed by atoms with Crippen LogP contribution in [0, 0.1) is 11.8 Å². The lowest BCUT2D eigenvalue weighted by atomic mass is 9.75. The Balaban J connectivity index is 1.95. The highest BCUT2D eigenvalue weighted by atomic mass is 16.3. The van der Waals surface area contributed by atoms with Crippen LogP contribution in [0.3, 0.4) is 0 Å². The molecule has 1 unspecified atom stereocenters. The average Bonchev–Trinajstić information content (AvgIpc) is 2.83. The van der Waals surface area contributed by atoms with E-state index in [-0.39, 0.29) is 11.6 Å². The molecule has 2 rings (SSSR count). The van der Waals surface area contributed by atoms with Gasteiger partial charge in [-0.05, 0) is 64.5 Å². The van der Waals surface area contributed by atoms with Gasteiger partial charge in [0.25, 0.3) is 0 Å². The fourth-order valence-electron chi connectivity index (χ4n) is 3.66. The minimum atomic E-state index is -0.145. The number of rotatable bonds is 3. The molecule has 0 radical (unpaired) electrons. The molecule has 0 aromatic rings. The highest BCUT2D eigenvalue weighted by molar-refractivity contribution is 4.95. The van der Waals surface area contributed by atoms with Gasteiger partial charge in [-0.2, -0.15) is 0 Å². The van der Waals surface area contributed by atoms with Crippen molar-refractivity contribution in [3.63, 3.8) is 0 Å². The van der Waals surface area contributed by atoms with Crippen LogP contribution in [-0.4, -0.2) is 34.7 Å². The van der Waals surface area contributed by atoms with E-state index in [0.29, 0.717) is 5.92 Å². The summed E-state index contributed by atoms with van der Waals surface area (Å²) < 4.78 is 0. The number of aliphatic hydroxyl groups is 1. The van der Waals surface area contributed by atoms with Crippen LogP contribution in [0.25, 0.3) is 0 Å². The third-order valence-corrected chi connectivity index (χ3v) is 5.15. The van der Waals surface area contributed by atoms with Crippen LogP contribution >= 0.6 is 0 Å². The number of hydrogen-bond donors (Lipinski definition) is 1. The summed E-state index contributed by atoms with van der Waals surface area (Å²) in [7, 11) is 0. The van der Waals surface area contributed by atoms with Gasteiger partial charge in [0, 0.05) is 5.54 Å². The first kappa shape index (κ1) is 13.4. The maximum absolute atomic E-state index is 10.7. The molecule has 2 fully saturated rings. The van der Waals surface area contributed by atoms with Gasteiger partial charge in [-0.15, -0.1) is 0 Å². The summed E-state index contributed by atoms with van der Waals surface area (Å²) >= 11 is 0. The van der Waals surface area contributed by atoms with E-state index >= 15 is 0 Å². The van der Waals surface area contributed by atoms with Crippen molar-refractivity contribution in [2.24, 2.45) is 11.8 Å². The first-order chi connectivity index (χ1) is 8.01. The topological polar surface area (TPSA) is 23.5 Å². The van der Waals surface area contributed by atoms with Gasteiger partial charge in [-0.3, -0.25) is 4.90 Å².